The van der Waals surface area contributed by atoms with E-state index in [1.54, 1.807) is 12.5 Å². The Kier molecular flexibility index (Phi) is 19.9. The quantitative estimate of drug-likeness (QED) is 0.207. The van der Waals surface area contributed by atoms with E-state index in [2.05, 4.69) is 62.6 Å². The second-order valence-corrected chi connectivity index (χ2v) is 8.08. The number of aromatic nitrogens is 4. The van der Waals surface area contributed by atoms with Crippen molar-refractivity contribution < 1.29 is 0 Å². The molecule has 4 aromatic carbocycles. The van der Waals surface area contributed by atoms with E-state index in [9.17, 15) is 0 Å². The molecule has 4 nitrogen and oxygen atoms in total. The summed E-state index contributed by atoms with van der Waals surface area (Å²) in [5.41, 5.74) is 8.34. The van der Waals surface area contributed by atoms with Crippen molar-refractivity contribution >= 4 is 0 Å². The minimum Gasteiger partial charge on any atom is -0.236 e. The fraction of sp³-hybridized carbons (Fsp3) is 0.200. The van der Waals surface area contributed by atoms with Crippen LogP contribution in [-0.4, -0.2) is 20.2 Å². The Bertz CT molecular complexity index is 1280. The van der Waals surface area contributed by atoms with Gasteiger partial charge in [-0.2, -0.15) is 10.2 Å². The predicted molar refractivity (Wildman–Crippen MR) is 191 cm³/mol. The van der Waals surface area contributed by atoms with Gasteiger partial charge >= 0.3 is 0 Å². The predicted octanol–water partition coefficient (Wildman–Crippen LogP) is 11.7. The number of rotatable bonds is 4. The van der Waals surface area contributed by atoms with Crippen LogP contribution >= 0.6 is 0 Å². The first-order valence-electron chi connectivity index (χ1n) is 15.7. The van der Waals surface area contributed by atoms with E-state index in [0.29, 0.717) is 0 Å². The molecule has 0 aliphatic heterocycles. The fourth-order valence-corrected chi connectivity index (χ4v) is 3.80. The maximum Gasteiger partial charge on any atom is 0.116 e. The molecule has 228 valence electrons. The summed E-state index contributed by atoms with van der Waals surface area (Å²) in [6.07, 6.45) is 3.41. The molecule has 6 rings (SSSR count). The molecule has 0 spiro atoms. The minimum atomic E-state index is 0.900. The average molecular weight is 585 g/mol. The van der Waals surface area contributed by atoms with E-state index >= 15 is 0 Å². The van der Waals surface area contributed by atoms with Gasteiger partial charge in [0, 0.05) is 22.3 Å². The van der Waals surface area contributed by atoms with Crippen molar-refractivity contribution in [3.8, 4) is 44.9 Å². The molecule has 0 aliphatic carbocycles. The summed E-state index contributed by atoms with van der Waals surface area (Å²) in [4.78, 5) is 8.65. The fourth-order valence-electron chi connectivity index (χ4n) is 3.80. The highest BCUT2D eigenvalue weighted by atomic mass is 15.1. The number of hydrogen-bond acceptors (Lipinski definition) is 4. The van der Waals surface area contributed by atoms with Crippen LogP contribution in [0.25, 0.3) is 44.9 Å². The average Bonchev–Trinajstić information content (AvgIpc) is 3.17. The summed E-state index contributed by atoms with van der Waals surface area (Å²) < 4.78 is 0. The van der Waals surface area contributed by atoms with Gasteiger partial charge < -0.3 is 0 Å². The van der Waals surface area contributed by atoms with Crippen LogP contribution < -0.4 is 0 Å². The summed E-state index contributed by atoms with van der Waals surface area (Å²) >= 11 is 0. The van der Waals surface area contributed by atoms with Crippen molar-refractivity contribution in [1.82, 2.24) is 20.2 Å². The van der Waals surface area contributed by atoms with Crippen molar-refractivity contribution in [3.63, 3.8) is 0 Å². The Morgan fingerprint density at radius 1 is 0.341 bits per heavy atom. The lowest BCUT2D eigenvalue weighted by atomic mass is 10.1. The third-order valence-electron chi connectivity index (χ3n) is 5.64. The van der Waals surface area contributed by atoms with Crippen molar-refractivity contribution in [2.75, 3.05) is 0 Å². The second-order valence-electron chi connectivity index (χ2n) is 8.08. The van der Waals surface area contributed by atoms with E-state index < -0.39 is 0 Å². The molecule has 44 heavy (non-hydrogen) atoms. The summed E-state index contributed by atoms with van der Waals surface area (Å²) in [7, 11) is 0. The van der Waals surface area contributed by atoms with Gasteiger partial charge in [-0.15, -0.1) is 0 Å². The molecule has 2 heterocycles. The molecule has 0 aliphatic rings. The van der Waals surface area contributed by atoms with Crippen LogP contribution in [0.1, 0.15) is 55.4 Å². The Morgan fingerprint density at radius 2 is 0.682 bits per heavy atom. The molecular formula is C40H48N4. The molecule has 4 heteroatoms. The van der Waals surface area contributed by atoms with Crippen LogP contribution in [-0.2, 0) is 0 Å². The lowest BCUT2D eigenvalue weighted by molar-refractivity contribution is 1.04. The Labute approximate surface area is 266 Å². The Balaban J connectivity index is 0.000000359. The van der Waals surface area contributed by atoms with E-state index in [-0.39, 0.29) is 0 Å². The highest BCUT2D eigenvalue weighted by molar-refractivity contribution is 5.69. The third-order valence-corrected chi connectivity index (χ3v) is 5.64. The zero-order valence-corrected chi connectivity index (χ0v) is 27.6. The van der Waals surface area contributed by atoms with Crippen LogP contribution in [0.2, 0.25) is 0 Å². The normalized spacial score (nSPS) is 8.91. The molecule has 2 aromatic heterocycles. The molecular weight excluding hydrogens is 536 g/mol. The summed E-state index contributed by atoms with van der Waals surface area (Å²) in [5, 5.41) is 8.27. The van der Waals surface area contributed by atoms with Gasteiger partial charge in [-0.3, -0.25) is 0 Å². The third kappa shape index (κ3) is 12.1. The van der Waals surface area contributed by atoms with Crippen LogP contribution in [0, 0.1) is 0 Å². The van der Waals surface area contributed by atoms with Crippen LogP contribution in [0.15, 0.2) is 146 Å². The van der Waals surface area contributed by atoms with Crippen LogP contribution in [0.5, 0.6) is 0 Å². The van der Waals surface area contributed by atoms with Gasteiger partial charge in [-0.25, -0.2) is 9.97 Å². The molecule has 0 radical (unpaired) electrons. The van der Waals surface area contributed by atoms with Crippen molar-refractivity contribution in [2.45, 2.75) is 55.4 Å². The SMILES string of the molecule is CC.CC.CC.CC.c1ccc(-c2cc(-c3ccccc3)ncn2)cc1.c1ccc(-c2cnnc(-c3ccccc3)c2)cc1. The largest absolute Gasteiger partial charge is 0.236 e. The van der Waals surface area contributed by atoms with Gasteiger partial charge in [-0.1, -0.05) is 177 Å². The van der Waals surface area contributed by atoms with E-state index in [1.165, 1.54) is 0 Å². The van der Waals surface area contributed by atoms with Crippen LogP contribution in [0.3, 0.4) is 0 Å². The highest BCUT2D eigenvalue weighted by Crippen LogP contribution is 2.23. The molecule has 0 bridgehead atoms. The summed E-state index contributed by atoms with van der Waals surface area (Å²) in [5.74, 6) is 0. The molecule has 0 unspecified atom stereocenters. The van der Waals surface area contributed by atoms with Crippen molar-refractivity contribution in [1.29, 1.82) is 0 Å². The first-order valence-corrected chi connectivity index (χ1v) is 15.7. The molecule has 0 saturated carbocycles. The summed E-state index contributed by atoms with van der Waals surface area (Å²) in [6.45, 7) is 16.0. The zero-order chi connectivity index (χ0) is 32.4. The molecule has 0 N–H and O–H groups in total. The van der Waals surface area contributed by atoms with Gasteiger partial charge in [-0.05, 0) is 17.7 Å². The van der Waals surface area contributed by atoms with E-state index in [4.69, 9.17) is 0 Å². The molecule has 0 amide bonds. The topological polar surface area (TPSA) is 51.6 Å². The van der Waals surface area contributed by atoms with Gasteiger partial charge in [0.05, 0.1) is 23.3 Å². The smallest absolute Gasteiger partial charge is 0.116 e. The first kappa shape index (κ1) is 37.1. The number of hydrogen-bond donors (Lipinski definition) is 0. The van der Waals surface area contributed by atoms with Crippen LogP contribution in [0.4, 0.5) is 0 Å². The van der Waals surface area contributed by atoms with Gasteiger partial charge in [0.15, 0.2) is 0 Å². The lowest BCUT2D eigenvalue weighted by Crippen LogP contribution is -1.88. The van der Waals surface area contributed by atoms with Gasteiger partial charge in [0.25, 0.3) is 0 Å². The van der Waals surface area contributed by atoms with E-state index in [0.717, 1.165) is 44.9 Å². The minimum absolute atomic E-state index is 0.900. The van der Waals surface area contributed by atoms with Crippen molar-refractivity contribution in [3.05, 3.63) is 146 Å². The maximum atomic E-state index is 4.32. The number of benzene rings is 4. The lowest BCUT2D eigenvalue weighted by Gasteiger charge is -2.03. The standard InChI is InChI=1S/2C16H12N2.4C2H6/c1-3-7-13(8-4-1)15-11-16(18-12-17-15)14-9-5-2-6-10-14;1-3-7-13(8-4-1)15-11-16(18-17-12-15)14-9-5-2-6-10-14;4*1-2/h2*1-12H;4*1-2H3. The van der Waals surface area contributed by atoms with E-state index in [1.807, 2.05) is 146 Å². The molecule has 0 fully saturated rings. The second kappa shape index (κ2) is 23.6. The molecule has 6 aromatic rings. The highest BCUT2D eigenvalue weighted by Gasteiger charge is 2.04. The molecule has 0 saturated heterocycles. The van der Waals surface area contributed by atoms with Gasteiger partial charge in [0.1, 0.15) is 6.33 Å². The Morgan fingerprint density at radius 3 is 1.07 bits per heavy atom. The monoisotopic (exact) mass is 584 g/mol. The van der Waals surface area contributed by atoms with Crippen molar-refractivity contribution in [2.24, 2.45) is 0 Å². The Hall–Kier alpha value is -4.96. The first-order chi connectivity index (χ1) is 21.9. The zero-order valence-electron chi connectivity index (χ0n) is 27.6. The molecule has 0 atom stereocenters. The summed E-state index contributed by atoms with van der Waals surface area (Å²) in [6, 6.07) is 44.7. The van der Waals surface area contributed by atoms with Gasteiger partial charge in [0.2, 0.25) is 0 Å². The number of nitrogens with zero attached hydrogens (tertiary/aromatic N) is 4. The maximum absolute atomic E-state index is 4.32.